The molecule has 5 heterocycles. The molecule has 2 saturated heterocycles. The SMILES string of the molecule is O=C(Cc1cccs1)NC1C(=O)N2C(C(=O)[O-])=C(c3nnc(N4CCOCC4)s3)CSC12.[Na+]. The van der Waals surface area contributed by atoms with Crippen LogP contribution in [0.15, 0.2) is 23.2 Å². The largest absolute Gasteiger partial charge is 1.00 e. The van der Waals surface area contributed by atoms with E-state index in [1.807, 2.05) is 22.4 Å². The fraction of sp³-hybridized carbons (Fsp3) is 0.421. The van der Waals surface area contributed by atoms with Crippen LogP contribution in [-0.4, -0.2) is 76.4 Å². The zero-order valence-corrected chi connectivity index (χ0v) is 22.1. The van der Waals surface area contributed by atoms with E-state index in [1.165, 1.54) is 39.3 Å². The van der Waals surface area contributed by atoms with Gasteiger partial charge in [-0.2, -0.15) is 0 Å². The molecule has 0 aromatic carbocycles. The van der Waals surface area contributed by atoms with Crippen LogP contribution in [0.3, 0.4) is 0 Å². The minimum absolute atomic E-state index is 0. The summed E-state index contributed by atoms with van der Waals surface area (Å²) in [7, 11) is 0. The van der Waals surface area contributed by atoms with E-state index in [-0.39, 0.29) is 47.6 Å². The van der Waals surface area contributed by atoms with Gasteiger partial charge in [0.1, 0.15) is 16.4 Å². The Bertz CT molecular complexity index is 1090. The van der Waals surface area contributed by atoms with Crippen LogP contribution in [0.25, 0.3) is 5.57 Å². The van der Waals surface area contributed by atoms with Gasteiger partial charge in [0.2, 0.25) is 11.0 Å². The number of hydrogen-bond acceptors (Lipinski definition) is 11. The minimum Gasteiger partial charge on any atom is -0.543 e. The Labute approximate surface area is 223 Å². The number of nitrogens with zero attached hydrogens (tertiary/aromatic N) is 4. The van der Waals surface area contributed by atoms with Crippen molar-refractivity contribution in [1.29, 1.82) is 0 Å². The van der Waals surface area contributed by atoms with Crippen LogP contribution in [0.4, 0.5) is 5.13 Å². The molecule has 2 unspecified atom stereocenters. The molecule has 2 atom stereocenters. The smallest absolute Gasteiger partial charge is 0.543 e. The van der Waals surface area contributed by atoms with Gasteiger partial charge in [-0.15, -0.1) is 33.3 Å². The Morgan fingerprint density at radius 1 is 1.27 bits per heavy atom. The van der Waals surface area contributed by atoms with Crippen molar-refractivity contribution < 1.29 is 53.8 Å². The summed E-state index contributed by atoms with van der Waals surface area (Å²) in [5, 5.41) is 25.7. The van der Waals surface area contributed by atoms with Crippen molar-refractivity contribution in [3.05, 3.63) is 33.1 Å². The molecular formula is C19H18N5NaO5S3. The normalized spacial score (nSPS) is 22.4. The third-order valence-corrected chi connectivity index (χ3v) is 8.55. The quantitative estimate of drug-likeness (QED) is 0.309. The number of carboxylic acids is 1. The number of fused-ring (bicyclic) bond motifs is 1. The maximum Gasteiger partial charge on any atom is 1.00 e. The minimum atomic E-state index is -1.44. The van der Waals surface area contributed by atoms with Crippen LogP contribution >= 0.6 is 34.4 Å². The van der Waals surface area contributed by atoms with Crippen LogP contribution in [0.2, 0.25) is 0 Å². The van der Waals surface area contributed by atoms with Gasteiger partial charge in [-0.25, -0.2) is 0 Å². The number of hydrogen-bond donors (Lipinski definition) is 1. The maximum absolute atomic E-state index is 12.8. The second-order valence-electron chi connectivity index (χ2n) is 7.31. The third-order valence-electron chi connectivity index (χ3n) is 5.35. The first-order chi connectivity index (χ1) is 15.5. The number of ether oxygens (including phenoxy) is 1. The Balaban J connectivity index is 0.00000259. The molecule has 0 radical (unpaired) electrons. The van der Waals surface area contributed by atoms with E-state index in [0.717, 1.165) is 4.88 Å². The third kappa shape index (κ3) is 4.85. The van der Waals surface area contributed by atoms with Crippen molar-refractivity contribution in [3.63, 3.8) is 0 Å². The number of carbonyl (C=O) groups excluding carboxylic acids is 3. The van der Waals surface area contributed by atoms with Crippen molar-refractivity contribution in [2.75, 3.05) is 37.0 Å². The second-order valence-corrected chi connectivity index (χ2v) is 10.4. The zero-order valence-electron chi connectivity index (χ0n) is 17.7. The topological polar surface area (TPSA) is 128 Å². The van der Waals surface area contributed by atoms with Crippen molar-refractivity contribution in [2.24, 2.45) is 0 Å². The van der Waals surface area contributed by atoms with Gasteiger partial charge >= 0.3 is 29.6 Å². The van der Waals surface area contributed by atoms with E-state index in [9.17, 15) is 19.5 Å². The Kier molecular flexibility index (Phi) is 7.78. The molecule has 2 aromatic rings. The van der Waals surface area contributed by atoms with Gasteiger partial charge in [0, 0.05) is 29.3 Å². The van der Waals surface area contributed by atoms with E-state index >= 15 is 0 Å². The summed E-state index contributed by atoms with van der Waals surface area (Å²) in [6.07, 6.45) is 0.183. The fourth-order valence-electron chi connectivity index (χ4n) is 3.79. The average Bonchev–Trinajstić information content (AvgIpc) is 3.49. The summed E-state index contributed by atoms with van der Waals surface area (Å²) < 4.78 is 5.35. The molecule has 0 aliphatic carbocycles. The first-order valence-corrected chi connectivity index (χ1v) is 12.6. The number of aliphatic carboxylic acids is 1. The maximum atomic E-state index is 12.8. The van der Waals surface area contributed by atoms with E-state index < -0.39 is 23.3 Å². The number of morpholine rings is 1. The van der Waals surface area contributed by atoms with Crippen LogP contribution in [0.1, 0.15) is 9.88 Å². The van der Waals surface area contributed by atoms with Crippen molar-refractivity contribution in [2.45, 2.75) is 17.8 Å². The number of carbonyl (C=O) groups is 3. The first kappa shape index (κ1) is 24.6. The number of thiophene rings is 1. The number of anilines is 1. The second kappa shape index (κ2) is 10.4. The van der Waals surface area contributed by atoms with E-state index in [0.29, 0.717) is 47.8 Å². The van der Waals surface area contributed by atoms with E-state index in [1.54, 1.807) is 0 Å². The Morgan fingerprint density at radius 2 is 2.06 bits per heavy atom. The number of nitrogens with one attached hydrogen (secondary N) is 1. The molecule has 168 valence electrons. The predicted octanol–water partition coefficient (Wildman–Crippen LogP) is -3.46. The van der Waals surface area contributed by atoms with Crippen LogP contribution in [-0.2, 0) is 25.5 Å². The van der Waals surface area contributed by atoms with Gasteiger partial charge in [-0.1, -0.05) is 17.4 Å². The Hall–Kier alpha value is -1.48. The summed E-state index contributed by atoms with van der Waals surface area (Å²) in [5.74, 6) is -1.84. The number of rotatable bonds is 6. The van der Waals surface area contributed by atoms with Crippen LogP contribution < -0.4 is 44.9 Å². The van der Waals surface area contributed by atoms with Crippen molar-refractivity contribution in [3.8, 4) is 0 Å². The molecule has 10 nitrogen and oxygen atoms in total. The summed E-state index contributed by atoms with van der Waals surface area (Å²) in [5.41, 5.74) is 0.229. The van der Waals surface area contributed by atoms with E-state index in [2.05, 4.69) is 15.5 Å². The molecule has 0 spiro atoms. The summed E-state index contributed by atoms with van der Waals surface area (Å²) in [6, 6.07) is 2.95. The molecule has 1 N–H and O–H groups in total. The fourth-order valence-corrected chi connectivity index (χ4v) is 6.87. The molecule has 2 fully saturated rings. The molecule has 33 heavy (non-hydrogen) atoms. The van der Waals surface area contributed by atoms with E-state index in [4.69, 9.17) is 4.74 Å². The molecular weight excluding hydrogens is 497 g/mol. The zero-order chi connectivity index (χ0) is 22.2. The number of thioether (sulfide) groups is 1. The molecule has 3 aliphatic rings. The van der Waals surface area contributed by atoms with Crippen molar-refractivity contribution in [1.82, 2.24) is 20.4 Å². The molecule has 3 aliphatic heterocycles. The summed E-state index contributed by atoms with van der Waals surface area (Å²) >= 11 is 4.15. The van der Waals surface area contributed by atoms with Gasteiger partial charge in [0.25, 0.3) is 5.91 Å². The molecule has 2 aromatic heterocycles. The molecule has 5 rings (SSSR count). The molecule has 2 amide bonds. The average molecular weight is 516 g/mol. The van der Waals surface area contributed by atoms with Gasteiger partial charge in [0.15, 0.2) is 0 Å². The van der Waals surface area contributed by atoms with Gasteiger partial charge in [0.05, 0.1) is 31.3 Å². The van der Waals surface area contributed by atoms with Gasteiger partial charge in [-0.05, 0) is 11.4 Å². The predicted molar refractivity (Wildman–Crippen MR) is 118 cm³/mol. The summed E-state index contributed by atoms with van der Waals surface area (Å²) in [6.45, 7) is 2.58. The monoisotopic (exact) mass is 515 g/mol. The van der Waals surface area contributed by atoms with Crippen LogP contribution in [0.5, 0.6) is 0 Å². The molecule has 0 bridgehead atoms. The number of β-lactam (4-membered cyclic amide) rings is 1. The standard InChI is InChI=1S/C19H19N5O5S3.Na/c25-12(8-10-2-1-7-30-10)20-13-16(26)24-14(18(27)28)11(9-31-17(13)24)15-21-22-19(32-15)23-3-5-29-6-4-23;/h1-2,7,13,17H,3-6,8-9H2,(H,20,25)(H,27,28);/q;+1/p-1. The van der Waals surface area contributed by atoms with Crippen molar-refractivity contribution >= 4 is 62.9 Å². The first-order valence-electron chi connectivity index (χ1n) is 9.90. The van der Waals surface area contributed by atoms with Gasteiger partial charge in [-0.3, -0.25) is 14.5 Å². The number of aromatic nitrogens is 2. The van der Waals surface area contributed by atoms with Crippen LogP contribution in [0, 0.1) is 0 Å². The summed E-state index contributed by atoms with van der Waals surface area (Å²) in [4.78, 5) is 41.3. The number of carboxylic acid groups (broad SMARTS) is 1. The number of amides is 2. The van der Waals surface area contributed by atoms with Gasteiger partial charge < -0.3 is 24.9 Å². The molecule has 0 saturated carbocycles. The Morgan fingerprint density at radius 3 is 2.76 bits per heavy atom. The molecule has 14 heteroatoms.